The second-order valence-corrected chi connectivity index (χ2v) is 9.84. The van der Waals surface area contributed by atoms with Crippen LogP contribution < -0.4 is 19.7 Å². The molecule has 8 nitrogen and oxygen atoms in total. The van der Waals surface area contributed by atoms with Crippen LogP contribution in [0.2, 0.25) is 5.02 Å². The van der Waals surface area contributed by atoms with Gasteiger partial charge in [0, 0.05) is 19.0 Å². The summed E-state index contributed by atoms with van der Waals surface area (Å²) in [5, 5.41) is 13.3. The molecule has 2 aliphatic rings. The molecule has 178 valence electrons. The lowest BCUT2D eigenvalue weighted by Crippen LogP contribution is -2.29. The maximum atomic E-state index is 12.3. The molecular formula is C24H31ClN4O4. The van der Waals surface area contributed by atoms with Crippen molar-refractivity contribution in [2.45, 2.75) is 63.7 Å². The number of hydrogen-bond acceptors (Lipinski definition) is 7. The zero-order valence-electron chi connectivity index (χ0n) is 19.3. The predicted molar refractivity (Wildman–Crippen MR) is 126 cm³/mol. The highest BCUT2D eigenvalue weighted by Gasteiger charge is 2.29. The number of rotatable bonds is 9. The molecular weight excluding hydrogens is 444 g/mol. The maximum Gasteiger partial charge on any atom is 0.238 e. The van der Waals surface area contributed by atoms with Gasteiger partial charge in [-0.2, -0.15) is 0 Å². The number of aromatic nitrogens is 2. The predicted octanol–water partition coefficient (Wildman–Crippen LogP) is 3.32. The zero-order valence-corrected chi connectivity index (χ0v) is 20.0. The van der Waals surface area contributed by atoms with Gasteiger partial charge in [-0.3, -0.25) is 4.79 Å². The Balaban J connectivity index is 1.33. The van der Waals surface area contributed by atoms with Crippen molar-refractivity contribution in [3.05, 3.63) is 41.2 Å². The van der Waals surface area contributed by atoms with Crippen molar-refractivity contribution < 1.29 is 19.4 Å². The number of nitrogens with one attached hydrogen (secondary N) is 1. The summed E-state index contributed by atoms with van der Waals surface area (Å²) in [7, 11) is 0. The Bertz CT molecular complexity index is 975. The molecule has 1 saturated heterocycles. The number of benzene rings is 1. The smallest absolute Gasteiger partial charge is 0.238 e. The lowest BCUT2D eigenvalue weighted by Gasteiger charge is -2.21. The van der Waals surface area contributed by atoms with Gasteiger partial charge in [0.1, 0.15) is 29.8 Å². The van der Waals surface area contributed by atoms with Crippen molar-refractivity contribution in [3.63, 3.8) is 0 Å². The van der Waals surface area contributed by atoms with E-state index >= 15 is 0 Å². The fraction of sp³-hybridized carbons (Fsp3) is 0.542. The molecule has 2 heterocycles. The van der Waals surface area contributed by atoms with Crippen LogP contribution in [0.4, 0.5) is 5.82 Å². The SMILES string of the molecule is CC(C(=O)NC1CC1)c1ccc(OC2CCN(c3ncnc(OCC(C)(C)O)c3Cl)C2)cc1. The van der Waals surface area contributed by atoms with E-state index in [1.165, 1.54) is 6.33 Å². The highest BCUT2D eigenvalue weighted by Crippen LogP contribution is 2.33. The Morgan fingerprint density at radius 1 is 1.27 bits per heavy atom. The molecule has 2 atom stereocenters. The zero-order chi connectivity index (χ0) is 23.6. The molecule has 2 aromatic rings. The third-order valence-corrected chi connectivity index (χ3v) is 6.08. The molecule has 4 rings (SSSR count). The van der Waals surface area contributed by atoms with Crippen LogP contribution >= 0.6 is 11.6 Å². The number of carbonyl (C=O) groups is 1. The summed E-state index contributed by atoms with van der Waals surface area (Å²) < 4.78 is 11.7. The molecule has 1 saturated carbocycles. The number of amides is 1. The van der Waals surface area contributed by atoms with Crippen molar-refractivity contribution in [1.29, 1.82) is 0 Å². The molecule has 0 bridgehead atoms. The first-order chi connectivity index (χ1) is 15.7. The van der Waals surface area contributed by atoms with E-state index in [4.69, 9.17) is 21.1 Å². The lowest BCUT2D eigenvalue weighted by atomic mass is 10.0. The fourth-order valence-electron chi connectivity index (χ4n) is 3.66. The monoisotopic (exact) mass is 474 g/mol. The summed E-state index contributed by atoms with van der Waals surface area (Å²) in [5.74, 6) is 1.50. The Kier molecular flexibility index (Phi) is 6.95. The molecule has 2 unspecified atom stereocenters. The molecule has 1 aromatic heterocycles. The van der Waals surface area contributed by atoms with Crippen LogP contribution in [0.3, 0.4) is 0 Å². The van der Waals surface area contributed by atoms with Crippen LogP contribution in [0, 0.1) is 0 Å². The summed E-state index contributed by atoms with van der Waals surface area (Å²) in [4.78, 5) is 22.7. The van der Waals surface area contributed by atoms with Crippen LogP contribution in [-0.2, 0) is 4.79 Å². The number of ether oxygens (including phenoxy) is 2. The Hall–Kier alpha value is -2.58. The average Bonchev–Trinajstić information content (AvgIpc) is 3.47. The molecule has 33 heavy (non-hydrogen) atoms. The number of anilines is 1. The molecule has 2 fully saturated rings. The van der Waals surface area contributed by atoms with Gasteiger partial charge < -0.3 is 24.8 Å². The first-order valence-corrected chi connectivity index (χ1v) is 11.7. The third-order valence-electron chi connectivity index (χ3n) is 5.75. The Morgan fingerprint density at radius 3 is 2.67 bits per heavy atom. The van der Waals surface area contributed by atoms with E-state index in [-0.39, 0.29) is 30.4 Å². The molecule has 1 aliphatic heterocycles. The van der Waals surface area contributed by atoms with E-state index in [9.17, 15) is 9.90 Å². The number of aliphatic hydroxyl groups is 1. The standard InChI is InChI=1S/C24H31ClN4O4/c1-15(22(30)28-17-6-7-17)16-4-8-18(9-5-16)33-19-10-11-29(12-19)21-20(25)23(27-14-26-21)32-13-24(2,3)31/h4-5,8-9,14-15,17,19,31H,6-7,10-13H2,1-3H3,(H,28,30). The van der Waals surface area contributed by atoms with Gasteiger partial charge in [0.15, 0.2) is 5.82 Å². The van der Waals surface area contributed by atoms with E-state index in [0.717, 1.165) is 37.1 Å². The summed E-state index contributed by atoms with van der Waals surface area (Å²) in [6, 6.07) is 8.10. The van der Waals surface area contributed by atoms with Crippen molar-refractivity contribution in [2.75, 3.05) is 24.6 Å². The van der Waals surface area contributed by atoms with E-state index in [1.807, 2.05) is 36.1 Å². The van der Waals surface area contributed by atoms with Gasteiger partial charge in [-0.25, -0.2) is 9.97 Å². The minimum atomic E-state index is -0.991. The Morgan fingerprint density at radius 2 is 2.00 bits per heavy atom. The molecule has 1 amide bonds. The van der Waals surface area contributed by atoms with Gasteiger partial charge in [0.2, 0.25) is 11.8 Å². The molecule has 1 aliphatic carbocycles. The molecule has 0 radical (unpaired) electrons. The number of nitrogens with zero attached hydrogens (tertiary/aromatic N) is 3. The van der Waals surface area contributed by atoms with Gasteiger partial charge in [-0.15, -0.1) is 0 Å². The van der Waals surface area contributed by atoms with Gasteiger partial charge in [0.05, 0.1) is 18.1 Å². The largest absolute Gasteiger partial charge is 0.489 e. The van der Waals surface area contributed by atoms with Crippen molar-refractivity contribution in [2.24, 2.45) is 0 Å². The van der Waals surface area contributed by atoms with E-state index in [2.05, 4.69) is 15.3 Å². The number of hydrogen-bond donors (Lipinski definition) is 2. The van der Waals surface area contributed by atoms with Gasteiger partial charge in [0.25, 0.3) is 0 Å². The summed E-state index contributed by atoms with van der Waals surface area (Å²) in [6.45, 7) is 6.68. The second-order valence-electron chi connectivity index (χ2n) is 9.47. The van der Waals surface area contributed by atoms with Gasteiger partial charge in [-0.05, 0) is 51.3 Å². The quantitative estimate of drug-likeness (QED) is 0.575. The molecule has 2 N–H and O–H groups in total. The topological polar surface area (TPSA) is 96.8 Å². The molecule has 9 heteroatoms. The van der Waals surface area contributed by atoms with E-state index in [1.54, 1.807) is 13.8 Å². The van der Waals surface area contributed by atoms with Crippen molar-refractivity contribution in [1.82, 2.24) is 15.3 Å². The third kappa shape index (κ3) is 6.26. The minimum Gasteiger partial charge on any atom is -0.489 e. The summed E-state index contributed by atoms with van der Waals surface area (Å²) >= 11 is 6.49. The molecule has 0 spiro atoms. The van der Waals surface area contributed by atoms with Gasteiger partial charge >= 0.3 is 0 Å². The van der Waals surface area contributed by atoms with Crippen LogP contribution in [0.5, 0.6) is 11.6 Å². The summed E-state index contributed by atoms with van der Waals surface area (Å²) in [5.41, 5.74) is -0.0186. The lowest BCUT2D eigenvalue weighted by molar-refractivity contribution is -0.122. The fourth-order valence-corrected chi connectivity index (χ4v) is 3.93. The van der Waals surface area contributed by atoms with E-state index < -0.39 is 5.60 Å². The van der Waals surface area contributed by atoms with Crippen molar-refractivity contribution in [3.8, 4) is 11.6 Å². The van der Waals surface area contributed by atoms with Crippen LogP contribution in [0.1, 0.15) is 51.5 Å². The number of carbonyl (C=O) groups excluding carboxylic acids is 1. The highest BCUT2D eigenvalue weighted by molar-refractivity contribution is 6.34. The number of halogens is 1. The first kappa shape index (κ1) is 23.6. The first-order valence-electron chi connectivity index (χ1n) is 11.4. The second kappa shape index (κ2) is 9.73. The Labute approximate surface area is 199 Å². The van der Waals surface area contributed by atoms with Crippen molar-refractivity contribution >= 4 is 23.3 Å². The van der Waals surface area contributed by atoms with Crippen LogP contribution in [0.25, 0.3) is 0 Å². The maximum absolute atomic E-state index is 12.3. The van der Waals surface area contributed by atoms with Gasteiger partial charge in [-0.1, -0.05) is 23.7 Å². The highest BCUT2D eigenvalue weighted by atomic mass is 35.5. The van der Waals surface area contributed by atoms with Crippen LogP contribution in [0.15, 0.2) is 30.6 Å². The van der Waals surface area contributed by atoms with E-state index in [0.29, 0.717) is 23.4 Å². The normalized spacial score (nSPS) is 19.3. The minimum absolute atomic E-state index is 0.0155. The van der Waals surface area contributed by atoms with Crippen LogP contribution in [-0.4, -0.2) is 58.4 Å². The average molecular weight is 475 g/mol. The summed E-state index contributed by atoms with van der Waals surface area (Å²) in [6.07, 6.45) is 4.38. The molecule has 1 aromatic carbocycles.